The van der Waals surface area contributed by atoms with E-state index in [0.717, 1.165) is 36.1 Å². The Kier molecular flexibility index (Phi) is 4.36. The van der Waals surface area contributed by atoms with Gasteiger partial charge in [-0.05, 0) is 74.8 Å². The van der Waals surface area contributed by atoms with Crippen molar-refractivity contribution in [1.82, 2.24) is 19.6 Å². The molecule has 28 heavy (non-hydrogen) atoms. The summed E-state index contributed by atoms with van der Waals surface area (Å²) in [7, 11) is 0. The van der Waals surface area contributed by atoms with Gasteiger partial charge in [-0.2, -0.15) is 5.10 Å². The van der Waals surface area contributed by atoms with E-state index in [9.17, 15) is 9.18 Å². The number of benzene rings is 2. The lowest BCUT2D eigenvalue weighted by molar-refractivity contribution is 0.0780. The number of hydrogen-bond acceptors (Lipinski definition) is 3. The monoisotopic (exact) mass is 378 g/mol. The van der Waals surface area contributed by atoms with Crippen molar-refractivity contribution < 1.29 is 9.18 Å². The maximum Gasteiger partial charge on any atom is 0.253 e. The van der Waals surface area contributed by atoms with Crippen LogP contribution in [0.2, 0.25) is 0 Å². The van der Waals surface area contributed by atoms with Crippen LogP contribution in [0.1, 0.15) is 29.6 Å². The van der Waals surface area contributed by atoms with E-state index in [-0.39, 0.29) is 11.7 Å². The Morgan fingerprint density at radius 3 is 2.61 bits per heavy atom. The standard InChI is InChI=1S/C22H23FN4O/c23-18-5-8-21-17(13-18)14-27(24-21)19-6-3-16(4-7-19)22(28)26-12-9-20(15-26)25-10-1-2-11-25/h3-8,13-14,20H,1-2,9-12,15H2/t20-/m0/s1. The molecular weight excluding hydrogens is 355 g/mol. The zero-order valence-corrected chi connectivity index (χ0v) is 15.7. The number of rotatable bonds is 3. The van der Waals surface area contributed by atoms with Gasteiger partial charge in [0.1, 0.15) is 5.82 Å². The van der Waals surface area contributed by atoms with Crippen molar-refractivity contribution in [3.8, 4) is 5.69 Å². The Hall–Kier alpha value is -2.73. The van der Waals surface area contributed by atoms with E-state index in [1.165, 1.54) is 38.1 Å². The average Bonchev–Trinajstić information content (AvgIpc) is 3.46. The number of halogens is 1. The molecule has 2 aliphatic heterocycles. The predicted octanol–water partition coefficient (Wildman–Crippen LogP) is 3.47. The van der Waals surface area contributed by atoms with Crippen molar-refractivity contribution in [1.29, 1.82) is 0 Å². The molecule has 1 amide bonds. The molecule has 3 heterocycles. The Morgan fingerprint density at radius 1 is 1.04 bits per heavy atom. The summed E-state index contributed by atoms with van der Waals surface area (Å²) in [6.07, 6.45) is 5.43. The molecule has 2 aliphatic rings. The van der Waals surface area contributed by atoms with Crippen LogP contribution in [0.25, 0.3) is 16.6 Å². The van der Waals surface area contributed by atoms with Gasteiger partial charge in [0, 0.05) is 36.3 Å². The van der Waals surface area contributed by atoms with E-state index in [0.29, 0.717) is 11.6 Å². The fraction of sp³-hybridized carbons (Fsp3) is 0.364. The van der Waals surface area contributed by atoms with Crippen LogP contribution in [0, 0.1) is 5.82 Å². The molecule has 144 valence electrons. The Bertz CT molecular complexity index is 1010. The van der Waals surface area contributed by atoms with Gasteiger partial charge < -0.3 is 4.90 Å². The summed E-state index contributed by atoms with van der Waals surface area (Å²) in [4.78, 5) is 17.4. The van der Waals surface area contributed by atoms with Gasteiger partial charge in [0.15, 0.2) is 0 Å². The molecule has 0 spiro atoms. The van der Waals surface area contributed by atoms with Gasteiger partial charge in [0.2, 0.25) is 0 Å². The normalized spacial score (nSPS) is 20.3. The summed E-state index contributed by atoms with van der Waals surface area (Å²) in [6, 6.07) is 12.6. The molecule has 5 rings (SSSR count). The summed E-state index contributed by atoms with van der Waals surface area (Å²) in [5, 5.41) is 5.23. The number of fused-ring (bicyclic) bond motifs is 1. The quantitative estimate of drug-likeness (QED) is 0.701. The number of hydrogen-bond donors (Lipinski definition) is 0. The summed E-state index contributed by atoms with van der Waals surface area (Å²) in [5.74, 6) is -0.174. The summed E-state index contributed by atoms with van der Waals surface area (Å²) < 4.78 is 15.1. The highest BCUT2D eigenvalue weighted by molar-refractivity contribution is 5.94. The molecule has 5 nitrogen and oxygen atoms in total. The number of aromatic nitrogens is 2. The van der Waals surface area contributed by atoms with Crippen LogP contribution >= 0.6 is 0 Å². The van der Waals surface area contributed by atoms with Crippen molar-refractivity contribution in [3.05, 3.63) is 60.0 Å². The number of carbonyl (C=O) groups excluding carboxylic acids is 1. The molecule has 0 aliphatic carbocycles. The van der Waals surface area contributed by atoms with Gasteiger partial charge in [-0.15, -0.1) is 0 Å². The van der Waals surface area contributed by atoms with Crippen LogP contribution in [0.3, 0.4) is 0 Å². The van der Waals surface area contributed by atoms with Gasteiger partial charge in [0.05, 0.1) is 11.2 Å². The SMILES string of the molecule is O=C(c1ccc(-n2cc3cc(F)ccc3n2)cc1)N1CC[C@H](N2CCCC2)C1. The summed E-state index contributed by atoms with van der Waals surface area (Å²) >= 11 is 0. The highest BCUT2D eigenvalue weighted by Gasteiger charge is 2.31. The molecule has 0 saturated carbocycles. The van der Waals surface area contributed by atoms with Crippen molar-refractivity contribution in [2.24, 2.45) is 0 Å². The van der Waals surface area contributed by atoms with Crippen LogP contribution in [0.4, 0.5) is 4.39 Å². The highest BCUT2D eigenvalue weighted by Crippen LogP contribution is 2.23. The molecule has 2 fully saturated rings. The minimum absolute atomic E-state index is 0.0981. The molecule has 0 radical (unpaired) electrons. The first-order valence-corrected chi connectivity index (χ1v) is 9.96. The van der Waals surface area contributed by atoms with Crippen molar-refractivity contribution in [2.45, 2.75) is 25.3 Å². The second kappa shape index (κ2) is 7.02. The lowest BCUT2D eigenvalue weighted by Crippen LogP contribution is -2.37. The number of amides is 1. The van der Waals surface area contributed by atoms with Crippen LogP contribution in [-0.4, -0.2) is 57.7 Å². The van der Waals surface area contributed by atoms with Gasteiger partial charge in [-0.25, -0.2) is 9.07 Å². The number of nitrogens with zero attached hydrogens (tertiary/aromatic N) is 4. The molecule has 2 aromatic carbocycles. The number of likely N-dealkylation sites (tertiary alicyclic amines) is 2. The van der Waals surface area contributed by atoms with Crippen molar-refractivity contribution in [2.75, 3.05) is 26.2 Å². The highest BCUT2D eigenvalue weighted by atomic mass is 19.1. The molecule has 2 saturated heterocycles. The van der Waals surface area contributed by atoms with Gasteiger partial charge >= 0.3 is 0 Å². The Morgan fingerprint density at radius 2 is 1.82 bits per heavy atom. The summed E-state index contributed by atoms with van der Waals surface area (Å²) in [5.41, 5.74) is 2.30. The molecular formula is C22H23FN4O. The zero-order chi connectivity index (χ0) is 19.1. The predicted molar refractivity (Wildman–Crippen MR) is 106 cm³/mol. The smallest absolute Gasteiger partial charge is 0.253 e. The van der Waals surface area contributed by atoms with E-state index >= 15 is 0 Å². The molecule has 1 aromatic heterocycles. The fourth-order valence-corrected chi connectivity index (χ4v) is 4.40. The lowest BCUT2D eigenvalue weighted by Gasteiger charge is -2.23. The molecule has 6 heteroatoms. The van der Waals surface area contributed by atoms with E-state index in [1.54, 1.807) is 16.9 Å². The second-order valence-corrected chi connectivity index (χ2v) is 7.76. The lowest BCUT2D eigenvalue weighted by atomic mass is 10.2. The topological polar surface area (TPSA) is 41.4 Å². The molecule has 3 aromatic rings. The number of carbonyl (C=O) groups is 1. The van der Waals surface area contributed by atoms with Gasteiger partial charge in [0.25, 0.3) is 5.91 Å². The first-order chi connectivity index (χ1) is 13.7. The molecule has 1 atom stereocenters. The van der Waals surface area contributed by atoms with Crippen LogP contribution < -0.4 is 0 Å². The maximum absolute atomic E-state index is 13.4. The van der Waals surface area contributed by atoms with Crippen LogP contribution in [0.15, 0.2) is 48.7 Å². The van der Waals surface area contributed by atoms with Crippen molar-refractivity contribution in [3.63, 3.8) is 0 Å². The van der Waals surface area contributed by atoms with E-state index in [2.05, 4.69) is 10.00 Å². The van der Waals surface area contributed by atoms with Crippen LogP contribution in [0.5, 0.6) is 0 Å². The van der Waals surface area contributed by atoms with Gasteiger partial charge in [-0.1, -0.05) is 0 Å². The average molecular weight is 378 g/mol. The minimum Gasteiger partial charge on any atom is -0.337 e. The van der Waals surface area contributed by atoms with Crippen LogP contribution in [-0.2, 0) is 0 Å². The third-order valence-corrected chi connectivity index (χ3v) is 5.95. The Balaban J connectivity index is 1.31. The maximum atomic E-state index is 13.4. The third kappa shape index (κ3) is 3.18. The largest absolute Gasteiger partial charge is 0.337 e. The molecule has 0 bridgehead atoms. The van der Waals surface area contributed by atoms with E-state index in [4.69, 9.17) is 0 Å². The van der Waals surface area contributed by atoms with E-state index in [1.807, 2.05) is 29.2 Å². The fourth-order valence-electron chi connectivity index (χ4n) is 4.40. The van der Waals surface area contributed by atoms with Crippen molar-refractivity contribution >= 4 is 16.8 Å². The minimum atomic E-state index is -0.272. The first kappa shape index (κ1) is 17.4. The second-order valence-electron chi connectivity index (χ2n) is 7.76. The first-order valence-electron chi connectivity index (χ1n) is 9.96. The Labute approximate surface area is 163 Å². The third-order valence-electron chi connectivity index (χ3n) is 5.95. The summed E-state index contributed by atoms with van der Waals surface area (Å²) in [6.45, 7) is 4.00. The van der Waals surface area contributed by atoms with Gasteiger partial charge in [-0.3, -0.25) is 9.69 Å². The molecule has 0 unspecified atom stereocenters. The zero-order valence-electron chi connectivity index (χ0n) is 15.7. The molecule has 0 N–H and O–H groups in total. The van der Waals surface area contributed by atoms with E-state index < -0.39 is 0 Å².